The average Bonchev–Trinajstić information content (AvgIpc) is 2.28. The van der Waals surface area contributed by atoms with E-state index in [0.717, 1.165) is 10.0 Å². The largest absolute Gasteiger partial charge is 0.468 e. The number of carbonyl (C=O) groups excluding carboxylic acids is 1. The third kappa shape index (κ3) is 3.32. The quantitative estimate of drug-likeness (QED) is 0.865. The van der Waals surface area contributed by atoms with Gasteiger partial charge in [0, 0.05) is 10.5 Å². The molecule has 3 nitrogen and oxygen atoms in total. The van der Waals surface area contributed by atoms with Gasteiger partial charge in [-0.1, -0.05) is 34.1 Å². The highest BCUT2D eigenvalue weighted by atomic mass is 79.9. The van der Waals surface area contributed by atoms with Gasteiger partial charge in [-0.2, -0.15) is 0 Å². The SMILES string of the molecule is COC(=O)[C@H](C)NC(C)c1ccccc1Br. The molecular formula is C12H16BrNO2. The van der Waals surface area contributed by atoms with Crippen LogP contribution >= 0.6 is 15.9 Å². The van der Waals surface area contributed by atoms with Gasteiger partial charge in [-0.05, 0) is 25.5 Å². The van der Waals surface area contributed by atoms with E-state index in [9.17, 15) is 4.79 Å². The van der Waals surface area contributed by atoms with E-state index in [1.54, 1.807) is 6.92 Å². The minimum absolute atomic E-state index is 0.0877. The van der Waals surface area contributed by atoms with Crippen LogP contribution in [0.3, 0.4) is 0 Å². The lowest BCUT2D eigenvalue weighted by atomic mass is 10.1. The molecule has 0 spiro atoms. The van der Waals surface area contributed by atoms with E-state index in [4.69, 9.17) is 0 Å². The molecule has 0 heterocycles. The summed E-state index contributed by atoms with van der Waals surface area (Å²) in [6, 6.07) is 7.71. The van der Waals surface area contributed by atoms with Crippen LogP contribution in [0.15, 0.2) is 28.7 Å². The van der Waals surface area contributed by atoms with Crippen LogP contribution in [-0.4, -0.2) is 19.1 Å². The fourth-order valence-electron chi connectivity index (χ4n) is 1.54. The minimum atomic E-state index is -0.313. The second kappa shape index (κ2) is 6.01. The van der Waals surface area contributed by atoms with Crippen LogP contribution in [0.2, 0.25) is 0 Å². The van der Waals surface area contributed by atoms with Crippen molar-refractivity contribution >= 4 is 21.9 Å². The van der Waals surface area contributed by atoms with Gasteiger partial charge in [0.05, 0.1) is 7.11 Å². The Morgan fingerprint density at radius 2 is 2.00 bits per heavy atom. The second-order valence-electron chi connectivity index (χ2n) is 3.65. The number of benzene rings is 1. The summed E-state index contributed by atoms with van der Waals surface area (Å²) in [5, 5.41) is 3.18. The standard InChI is InChI=1S/C12H16BrNO2/c1-8(14-9(2)12(15)16-3)10-6-4-5-7-11(10)13/h4-9,14H,1-3H3/t8?,9-/m0/s1. The summed E-state index contributed by atoms with van der Waals surface area (Å²) < 4.78 is 5.70. The van der Waals surface area contributed by atoms with Crippen molar-refractivity contribution in [1.82, 2.24) is 5.32 Å². The number of halogens is 1. The molecule has 4 heteroatoms. The van der Waals surface area contributed by atoms with Crippen molar-refractivity contribution < 1.29 is 9.53 Å². The van der Waals surface area contributed by atoms with Crippen LogP contribution < -0.4 is 5.32 Å². The molecule has 0 saturated carbocycles. The Bertz CT molecular complexity index is 368. The number of hydrogen-bond acceptors (Lipinski definition) is 3. The lowest BCUT2D eigenvalue weighted by molar-refractivity contribution is -0.142. The van der Waals surface area contributed by atoms with Gasteiger partial charge in [0.15, 0.2) is 0 Å². The zero-order valence-corrected chi connectivity index (χ0v) is 11.2. The molecule has 1 rings (SSSR count). The van der Waals surface area contributed by atoms with E-state index in [1.807, 2.05) is 31.2 Å². The third-order valence-corrected chi connectivity index (χ3v) is 3.15. The summed E-state index contributed by atoms with van der Waals surface area (Å²) in [4.78, 5) is 11.3. The smallest absolute Gasteiger partial charge is 0.322 e. The number of methoxy groups -OCH3 is 1. The highest BCUT2D eigenvalue weighted by molar-refractivity contribution is 9.10. The van der Waals surface area contributed by atoms with Crippen LogP contribution in [-0.2, 0) is 9.53 Å². The van der Waals surface area contributed by atoms with E-state index >= 15 is 0 Å². The molecule has 2 atom stereocenters. The van der Waals surface area contributed by atoms with Crippen LogP contribution in [0.4, 0.5) is 0 Å². The van der Waals surface area contributed by atoms with Gasteiger partial charge in [0.2, 0.25) is 0 Å². The van der Waals surface area contributed by atoms with Gasteiger partial charge in [0.25, 0.3) is 0 Å². The van der Waals surface area contributed by atoms with E-state index in [-0.39, 0.29) is 18.1 Å². The van der Waals surface area contributed by atoms with Gasteiger partial charge >= 0.3 is 5.97 Å². The van der Waals surface area contributed by atoms with Gasteiger partial charge in [-0.15, -0.1) is 0 Å². The van der Waals surface area contributed by atoms with Gasteiger partial charge < -0.3 is 4.74 Å². The van der Waals surface area contributed by atoms with Crippen molar-refractivity contribution in [3.8, 4) is 0 Å². The van der Waals surface area contributed by atoms with Gasteiger partial charge in [-0.25, -0.2) is 0 Å². The number of esters is 1. The molecule has 0 bridgehead atoms. The van der Waals surface area contributed by atoms with Crippen molar-refractivity contribution in [3.63, 3.8) is 0 Å². The van der Waals surface area contributed by atoms with Crippen molar-refractivity contribution in [3.05, 3.63) is 34.3 Å². The molecule has 0 saturated heterocycles. The van der Waals surface area contributed by atoms with Crippen LogP contribution in [0, 0.1) is 0 Å². The maximum absolute atomic E-state index is 11.3. The summed E-state index contributed by atoms with van der Waals surface area (Å²) in [5.41, 5.74) is 1.12. The lowest BCUT2D eigenvalue weighted by Crippen LogP contribution is -2.36. The molecule has 1 N–H and O–H groups in total. The normalized spacial score (nSPS) is 14.2. The number of carbonyl (C=O) groups is 1. The fourth-order valence-corrected chi connectivity index (χ4v) is 2.16. The van der Waals surface area contributed by atoms with Crippen molar-refractivity contribution in [2.75, 3.05) is 7.11 Å². The Balaban J connectivity index is 2.69. The number of nitrogens with one attached hydrogen (secondary N) is 1. The zero-order valence-electron chi connectivity index (χ0n) is 9.66. The summed E-state index contributed by atoms with van der Waals surface area (Å²) in [7, 11) is 1.39. The molecule has 0 aliphatic heterocycles. The van der Waals surface area contributed by atoms with E-state index < -0.39 is 0 Å². The highest BCUT2D eigenvalue weighted by Gasteiger charge is 2.17. The summed E-state index contributed by atoms with van der Waals surface area (Å²) in [6.07, 6.45) is 0. The molecular weight excluding hydrogens is 270 g/mol. The van der Waals surface area contributed by atoms with Crippen LogP contribution in [0.5, 0.6) is 0 Å². The average molecular weight is 286 g/mol. The zero-order chi connectivity index (χ0) is 12.1. The maximum atomic E-state index is 11.3. The summed E-state index contributed by atoms with van der Waals surface area (Å²) >= 11 is 3.48. The van der Waals surface area contributed by atoms with Crippen molar-refractivity contribution in [2.24, 2.45) is 0 Å². The molecule has 0 aliphatic rings. The first kappa shape index (κ1) is 13.2. The monoisotopic (exact) mass is 285 g/mol. The molecule has 0 fully saturated rings. The first-order valence-electron chi connectivity index (χ1n) is 5.14. The van der Waals surface area contributed by atoms with Crippen LogP contribution in [0.25, 0.3) is 0 Å². The van der Waals surface area contributed by atoms with Crippen molar-refractivity contribution in [2.45, 2.75) is 25.9 Å². The van der Waals surface area contributed by atoms with Gasteiger partial charge in [0.1, 0.15) is 6.04 Å². The first-order chi connectivity index (χ1) is 7.56. The Labute approximate surface area is 104 Å². The summed E-state index contributed by atoms with van der Waals surface area (Å²) in [6.45, 7) is 3.80. The predicted octanol–water partition coefficient (Wildman–Crippen LogP) is 2.66. The maximum Gasteiger partial charge on any atom is 0.322 e. The van der Waals surface area contributed by atoms with E-state index in [0.29, 0.717) is 0 Å². The first-order valence-corrected chi connectivity index (χ1v) is 5.94. The molecule has 0 aromatic heterocycles. The van der Waals surface area contributed by atoms with E-state index in [1.165, 1.54) is 7.11 Å². The molecule has 0 radical (unpaired) electrons. The predicted molar refractivity (Wildman–Crippen MR) is 67.2 cm³/mol. The Morgan fingerprint density at radius 1 is 1.38 bits per heavy atom. The Kier molecular flexibility index (Phi) is 4.96. The Hall–Kier alpha value is -0.870. The molecule has 0 amide bonds. The number of hydrogen-bond donors (Lipinski definition) is 1. The second-order valence-corrected chi connectivity index (χ2v) is 4.51. The number of ether oxygens (including phenoxy) is 1. The third-order valence-electron chi connectivity index (χ3n) is 2.43. The summed E-state index contributed by atoms with van der Waals surface area (Å²) in [5.74, 6) is -0.251. The van der Waals surface area contributed by atoms with Crippen molar-refractivity contribution in [1.29, 1.82) is 0 Å². The van der Waals surface area contributed by atoms with Crippen LogP contribution in [0.1, 0.15) is 25.5 Å². The molecule has 1 aromatic carbocycles. The molecule has 88 valence electrons. The topological polar surface area (TPSA) is 38.3 Å². The highest BCUT2D eigenvalue weighted by Crippen LogP contribution is 2.22. The molecule has 1 unspecified atom stereocenters. The van der Waals surface area contributed by atoms with Gasteiger partial charge in [-0.3, -0.25) is 10.1 Å². The van der Waals surface area contributed by atoms with E-state index in [2.05, 4.69) is 26.0 Å². The lowest BCUT2D eigenvalue weighted by Gasteiger charge is -2.19. The molecule has 16 heavy (non-hydrogen) atoms. The molecule has 1 aromatic rings. The number of rotatable bonds is 4. The molecule has 0 aliphatic carbocycles. The fraction of sp³-hybridized carbons (Fsp3) is 0.417. The Morgan fingerprint density at radius 3 is 2.56 bits per heavy atom. The minimum Gasteiger partial charge on any atom is -0.468 e.